The molecule has 6 nitrogen and oxygen atoms in total. The largest absolute Gasteiger partial charge is 0.348 e. The Morgan fingerprint density at radius 2 is 2.27 bits per heavy atom. The molecule has 1 atom stereocenters. The number of carbonyl (C=O) groups is 1. The van der Waals surface area contributed by atoms with Crippen LogP contribution in [0.1, 0.15) is 40.9 Å². The molecule has 1 aliphatic rings. The number of likely N-dealkylation sites (tertiary alicyclic amines) is 1. The molecule has 1 unspecified atom stereocenters. The summed E-state index contributed by atoms with van der Waals surface area (Å²) in [7, 11) is 0. The molecule has 1 amide bonds. The smallest absolute Gasteiger partial charge is 0.293 e. The van der Waals surface area contributed by atoms with Crippen LogP contribution in [0.5, 0.6) is 0 Å². The van der Waals surface area contributed by atoms with E-state index in [-0.39, 0.29) is 17.7 Å². The maximum atomic E-state index is 12.9. The first-order valence-corrected chi connectivity index (χ1v) is 8.13. The fraction of sp³-hybridized carbons (Fsp3) is 0.333. The minimum Gasteiger partial charge on any atom is -0.348 e. The summed E-state index contributed by atoms with van der Waals surface area (Å²) in [4.78, 5) is 23.3. The van der Waals surface area contributed by atoms with Crippen molar-refractivity contribution in [1.29, 1.82) is 0 Å². The van der Waals surface area contributed by atoms with Gasteiger partial charge in [-0.15, -0.1) is 11.3 Å². The normalized spacial score (nSPS) is 18.7. The van der Waals surface area contributed by atoms with Gasteiger partial charge in [-0.05, 0) is 31.4 Å². The Hall–Kier alpha value is -2.28. The van der Waals surface area contributed by atoms with E-state index in [1.807, 2.05) is 16.3 Å². The Balaban J connectivity index is 1.71. The van der Waals surface area contributed by atoms with Crippen molar-refractivity contribution in [3.05, 3.63) is 40.7 Å². The van der Waals surface area contributed by atoms with E-state index in [0.717, 1.165) is 24.3 Å². The van der Waals surface area contributed by atoms with Gasteiger partial charge in [0, 0.05) is 24.3 Å². The molecule has 0 aliphatic carbocycles. The zero-order chi connectivity index (χ0) is 14.9. The lowest BCUT2D eigenvalue weighted by Crippen LogP contribution is -2.38. The number of rotatable bonds is 2. The standard InChI is InChI=1S/C15H14N4O2S/c20-15(12-10-4-3-6-16-13(10)18-21-12)19-8-2-1-5-11(19)14-17-7-9-22-14/h3-4,6-7,9,11H,1-2,5,8H2. The summed E-state index contributed by atoms with van der Waals surface area (Å²) in [6.45, 7) is 0.714. The maximum absolute atomic E-state index is 12.9. The molecule has 0 N–H and O–H groups in total. The highest BCUT2D eigenvalue weighted by Crippen LogP contribution is 2.33. The molecule has 112 valence electrons. The van der Waals surface area contributed by atoms with E-state index in [2.05, 4.69) is 15.1 Å². The topological polar surface area (TPSA) is 72.1 Å². The SMILES string of the molecule is O=C(c1onc2ncccc12)N1CCCCC1c1nccs1. The third-order valence-electron chi connectivity index (χ3n) is 3.95. The fourth-order valence-corrected chi connectivity index (χ4v) is 3.69. The van der Waals surface area contributed by atoms with E-state index in [0.29, 0.717) is 17.6 Å². The molecule has 0 radical (unpaired) electrons. The van der Waals surface area contributed by atoms with Crippen molar-refractivity contribution < 1.29 is 9.32 Å². The number of carbonyl (C=O) groups excluding carboxylic acids is 1. The summed E-state index contributed by atoms with van der Waals surface area (Å²) in [5, 5.41) is 7.46. The summed E-state index contributed by atoms with van der Waals surface area (Å²) in [5.41, 5.74) is 0.466. The molecule has 1 saturated heterocycles. The van der Waals surface area contributed by atoms with Crippen LogP contribution in [0.15, 0.2) is 34.4 Å². The highest BCUT2D eigenvalue weighted by atomic mass is 32.1. The predicted molar refractivity (Wildman–Crippen MR) is 81.5 cm³/mol. The number of amides is 1. The minimum absolute atomic E-state index is 0.0260. The van der Waals surface area contributed by atoms with Gasteiger partial charge in [-0.3, -0.25) is 4.79 Å². The summed E-state index contributed by atoms with van der Waals surface area (Å²) in [6.07, 6.45) is 6.46. The average molecular weight is 314 g/mol. The van der Waals surface area contributed by atoms with Crippen LogP contribution in [0.25, 0.3) is 11.0 Å². The molecule has 1 aliphatic heterocycles. The molecule has 4 heterocycles. The van der Waals surface area contributed by atoms with Gasteiger partial charge in [-0.25, -0.2) is 9.97 Å². The van der Waals surface area contributed by atoms with Crippen LogP contribution in [0, 0.1) is 0 Å². The number of aromatic nitrogens is 3. The molecule has 0 spiro atoms. The predicted octanol–water partition coefficient (Wildman–Crippen LogP) is 3.05. The van der Waals surface area contributed by atoms with E-state index in [9.17, 15) is 4.79 Å². The number of hydrogen-bond donors (Lipinski definition) is 0. The van der Waals surface area contributed by atoms with E-state index < -0.39 is 0 Å². The molecule has 22 heavy (non-hydrogen) atoms. The summed E-state index contributed by atoms with van der Waals surface area (Å²) < 4.78 is 5.28. The van der Waals surface area contributed by atoms with Gasteiger partial charge in [-0.2, -0.15) is 0 Å². The third-order valence-corrected chi connectivity index (χ3v) is 4.83. The number of thiazole rings is 1. The lowest BCUT2D eigenvalue weighted by molar-refractivity contribution is 0.0572. The fourth-order valence-electron chi connectivity index (χ4n) is 2.90. The lowest BCUT2D eigenvalue weighted by Gasteiger charge is -2.33. The first-order valence-electron chi connectivity index (χ1n) is 7.25. The van der Waals surface area contributed by atoms with Crippen molar-refractivity contribution in [2.75, 3.05) is 6.54 Å². The van der Waals surface area contributed by atoms with Crippen LogP contribution in [-0.4, -0.2) is 32.5 Å². The second-order valence-electron chi connectivity index (χ2n) is 5.27. The van der Waals surface area contributed by atoms with Crippen LogP contribution in [-0.2, 0) is 0 Å². The Labute approximate surface area is 130 Å². The van der Waals surface area contributed by atoms with Crippen molar-refractivity contribution in [3.8, 4) is 0 Å². The number of pyridine rings is 1. The summed E-state index contributed by atoms with van der Waals surface area (Å²) in [6, 6.07) is 3.62. The Bertz CT molecular complexity index is 799. The monoisotopic (exact) mass is 314 g/mol. The lowest BCUT2D eigenvalue weighted by atomic mass is 10.0. The molecular formula is C15H14N4O2S. The summed E-state index contributed by atoms with van der Waals surface area (Å²) in [5.74, 6) is 0.141. The quantitative estimate of drug-likeness (QED) is 0.727. The number of fused-ring (bicyclic) bond motifs is 1. The molecule has 3 aromatic rings. The molecule has 0 saturated carbocycles. The van der Waals surface area contributed by atoms with Gasteiger partial charge in [-0.1, -0.05) is 5.16 Å². The minimum atomic E-state index is -0.129. The molecular weight excluding hydrogens is 300 g/mol. The van der Waals surface area contributed by atoms with Gasteiger partial charge in [0.1, 0.15) is 5.01 Å². The van der Waals surface area contributed by atoms with Gasteiger partial charge in [0.15, 0.2) is 0 Å². The van der Waals surface area contributed by atoms with Gasteiger partial charge in [0.05, 0.1) is 11.4 Å². The number of piperidine rings is 1. The van der Waals surface area contributed by atoms with Crippen LogP contribution in [0.4, 0.5) is 0 Å². The Kier molecular flexibility index (Phi) is 3.34. The van der Waals surface area contributed by atoms with E-state index in [1.54, 1.807) is 29.8 Å². The van der Waals surface area contributed by atoms with Crippen LogP contribution >= 0.6 is 11.3 Å². The van der Waals surface area contributed by atoms with E-state index in [1.165, 1.54) is 0 Å². The van der Waals surface area contributed by atoms with Gasteiger partial charge in [0.2, 0.25) is 11.4 Å². The molecule has 1 fully saturated rings. The van der Waals surface area contributed by atoms with Gasteiger partial charge in [0.25, 0.3) is 5.91 Å². The van der Waals surface area contributed by atoms with Crippen LogP contribution in [0.3, 0.4) is 0 Å². The van der Waals surface area contributed by atoms with Crippen molar-refractivity contribution in [1.82, 2.24) is 20.0 Å². The molecule has 7 heteroatoms. The molecule has 4 rings (SSSR count). The highest BCUT2D eigenvalue weighted by Gasteiger charge is 2.33. The highest BCUT2D eigenvalue weighted by molar-refractivity contribution is 7.09. The Morgan fingerprint density at radius 3 is 3.14 bits per heavy atom. The first-order chi connectivity index (χ1) is 10.8. The zero-order valence-corrected chi connectivity index (χ0v) is 12.6. The molecule has 0 aromatic carbocycles. The maximum Gasteiger partial charge on any atom is 0.293 e. The first kappa shape index (κ1) is 13.4. The molecule has 0 bridgehead atoms. The second kappa shape index (κ2) is 5.49. The van der Waals surface area contributed by atoms with E-state index >= 15 is 0 Å². The van der Waals surface area contributed by atoms with Crippen LogP contribution in [0.2, 0.25) is 0 Å². The van der Waals surface area contributed by atoms with Gasteiger partial charge >= 0.3 is 0 Å². The van der Waals surface area contributed by atoms with Crippen molar-refractivity contribution in [2.24, 2.45) is 0 Å². The van der Waals surface area contributed by atoms with Gasteiger partial charge < -0.3 is 9.42 Å². The van der Waals surface area contributed by atoms with Crippen LogP contribution < -0.4 is 0 Å². The second-order valence-corrected chi connectivity index (χ2v) is 6.19. The Morgan fingerprint density at radius 1 is 1.32 bits per heavy atom. The third kappa shape index (κ3) is 2.18. The molecule has 3 aromatic heterocycles. The summed E-state index contributed by atoms with van der Waals surface area (Å²) >= 11 is 1.59. The van der Waals surface area contributed by atoms with Crippen molar-refractivity contribution >= 4 is 28.3 Å². The van der Waals surface area contributed by atoms with E-state index in [4.69, 9.17) is 4.52 Å². The average Bonchev–Trinajstić information content (AvgIpc) is 3.24. The number of nitrogens with zero attached hydrogens (tertiary/aromatic N) is 4. The van der Waals surface area contributed by atoms with Crippen molar-refractivity contribution in [3.63, 3.8) is 0 Å². The zero-order valence-electron chi connectivity index (χ0n) is 11.8. The van der Waals surface area contributed by atoms with Crippen molar-refractivity contribution in [2.45, 2.75) is 25.3 Å². The number of hydrogen-bond acceptors (Lipinski definition) is 6.